The lowest BCUT2D eigenvalue weighted by Crippen LogP contribution is -2.34. The Bertz CT molecular complexity index is 1260. The number of benzene rings is 3. The number of nitrogens with zero attached hydrogens (tertiary/aromatic N) is 1. The standard InChI is InChI=1S/C35H39N3O2/c39-33(37-26-27-38-34(40)30-16-13-25-36-28-30)21-11-4-12-23-35(31-17-7-2-8-18-31,32-19-9-3-10-20-32)24-22-29-14-5-1-6-15-29/h1-3,5-10,13-20,25,28H,4,11-12,21-24,26-27H2,(H,37,39)(H,38,40). The summed E-state index contributed by atoms with van der Waals surface area (Å²) in [6.07, 6.45) is 9.56. The number of amides is 2. The predicted molar refractivity (Wildman–Crippen MR) is 161 cm³/mol. The third-order valence-electron chi connectivity index (χ3n) is 7.50. The van der Waals surface area contributed by atoms with Crippen LogP contribution >= 0.6 is 0 Å². The van der Waals surface area contributed by atoms with Gasteiger partial charge in [0.15, 0.2) is 0 Å². The Labute approximate surface area is 238 Å². The van der Waals surface area contributed by atoms with Crippen molar-refractivity contribution in [3.8, 4) is 0 Å². The Balaban J connectivity index is 1.29. The van der Waals surface area contributed by atoms with E-state index in [2.05, 4.69) is 107 Å². The van der Waals surface area contributed by atoms with E-state index < -0.39 is 0 Å². The normalized spacial score (nSPS) is 11.1. The zero-order chi connectivity index (χ0) is 27.9. The summed E-state index contributed by atoms with van der Waals surface area (Å²) in [5.74, 6) is -0.160. The van der Waals surface area contributed by atoms with Crippen LogP contribution in [0.2, 0.25) is 0 Å². The maximum Gasteiger partial charge on any atom is 0.252 e. The molecule has 0 spiro atoms. The third kappa shape index (κ3) is 8.37. The number of rotatable bonds is 15. The first-order valence-corrected chi connectivity index (χ1v) is 14.3. The van der Waals surface area contributed by atoms with Crippen molar-refractivity contribution in [1.29, 1.82) is 0 Å². The highest BCUT2D eigenvalue weighted by Gasteiger charge is 2.33. The molecule has 206 valence electrons. The van der Waals surface area contributed by atoms with Gasteiger partial charge in [0.1, 0.15) is 0 Å². The smallest absolute Gasteiger partial charge is 0.252 e. The van der Waals surface area contributed by atoms with Gasteiger partial charge in [-0.3, -0.25) is 14.6 Å². The van der Waals surface area contributed by atoms with Crippen LogP contribution < -0.4 is 10.6 Å². The van der Waals surface area contributed by atoms with Gasteiger partial charge in [0.2, 0.25) is 5.91 Å². The lowest BCUT2D eigenvalue weighted by Gasteiger charge is -2.36. The molecular formula is C35H39N3O2. The van der Waals surface area contributed by atoms with E-state index in [9.17, 15) is 9.59 Å². The van der Waals surface area contributed by atoms with E-state index in [1.54, 1.807) is 18.3 Å². The van der Waals surface area contributed by atoms with Crippen LogP contribution in [0.15, 0.2) is 116 Å². The summed E-state index contributed by atoms with van der Waals surface area (Å²) in [7, 11) is 0. The van der Waals surface area contributed by atoms with Crippen molar-refractivity contribution in [3.63, 3.8) is 0 Å². The van der Waals surface area contributed by atoms with E-state index in [-0.39, 0.29) is 17.2 Å². The Kier molecular flexibility index (Phi) is 11.0. The highest BCUT2D eigenvalue weighted by molar-refractivity contribution is 5.93. The molecule has 0 saturated carbocycles. The van der Waals surface area contributed by atoms with Crippen LogP contribution in [-0.4, -0.2) is 29.9 Å². The van der Waals surface area contributed by atoms with Crippen LogP contribution in [0.4, 0.5) is 0 Å². The molecule has 3 aromatic carbocycles. The molecule has 0 aliphatic heterocycles. The molecule has 0 unspecified atom stereocenters. The van der Waals surface area contributed by atoms with Gasteiger partial charge in [-0.2, -0.15) is 0 Å². The van der Waals surface area contributed by atoms with Crippen molar-refractivity contribution in [2.75, 3.05) is 13.1 Å². The molecule has 0 radical (unpaired) electrons. The fourth-order valence-corrected chi connectivity index (χ4v) is 5.34. The van der Waals surface area contributed by atoms with Crippen molar-refractivity contribution in [1.82, 2.24) is 15.6 Å². The van der Waals surface area contributed by atoms with Gasteiger partial charge < -0.3 is 10.6 Å². The molecule has 1 heterocycles. The van der Waals surface area contributed by atoms with E-state index >= 15 is 0 Å². The SMILES string of the molecule is O=C(CCCCCC(CCc1ccccc1)(c1ccccc1)c1ccccc1)NCCNC(=O)c1cccnc1. The van der Waals surface area contributed by atoms with Crippen LogP contribution in [0.25, 0.3) is 0 Å². The van der Waals surface area contributed by atoms with Gasteiger partial charge in [-0.05, 0) is 54.5 Å². The fraction of sp³-hybridized carbons (Fsp3) is 0.286. The average Bonchev–Trinajstić information content (AvgIpc) is 3.02. The molecule has 0 fully saturated rings. The molecule has 1 aromatic heterocycles. The molecule has 0 aliphatic rings. The van der Waals surface area contributed by atoms with Gasteiger partial charge >= 0.3 is 0 Å². The molecule has 0 saturated heterocycles. The minimum atomic E-state index is -0.185. The molecule has 0 aliphatic carbocycles. The van der Waals surface area contributed by atoms with Crippen molar-refractivity contribution < 1.29 is 9.59 Å². The number of pyridine rings is 1. The molecule has 5 heteroatoms. The first kappa shape index (κ1) is 28.8. The van der Waals surface area contributed by atoms with Gasteiger partial charge in [0.05, 0.1) is 5.56 Å². The molecule has 2 N–H and O–H groups in total. The number of nitrogens with one attached hydrogen (secondary N) is 2. The fourth-order valence-electron chi connectivity index (χ4n) is 5.34. The zero-order valence-corrected chi connectivity index (χ0v) is 23.1. The van der Waals surface area contributed by atoms with Crippen LogP contribution in [0.1, 0.15) is 65.6 Å². The summed E-state index contributed by atoms with van der Waals surface area (Å²) >= 11 is 0. The summed E-state index contributed by atoms with van der Waals surface area (Å²) in [6.45, 7) is 0.799. The van der Waals surface area contributed by atoms with E-state index in [1.165, 1.54) is 22.9 Å². The quantitative estimate of drug-likeness (QED) is 0.171. The van der Waals surface area contributed by atoms with E-state index in [0.717, 1.165) is 38.5 Å². The van der Waals surface area contributed by atoms with Gasteiger partial charge in [-0.1, -0.05) is 104 Å². The van der Waals surface area contributed by atoms with Crippen LogP contribution in [-0.2, 0) is 16.6 Å². The molecule has 40 heavy (non-hydrogen) atoms. The molecule has 2 amide bonds. The van der Waals surface area contributed by atoms with Gasteiger partial charge in [-0.25, -0.2) is 0 Å². The third-order valence-corrected chi connectivity index (χ3v) is 7.50. The number of carbonyl (C=O) groups is 2. The second kappa shape index (κ2) is 15.4. The van der Waals surface area contributed by atoms with Crippen molar-refractivity contribution >= 4 is 11.8 Å². The lowest BCUT2D eigenvalue weighted by atomic mass is 9.67. The topological polar surface area (TPSA) is 71.1 Å². The lowest BCUT2D eigenvalue weighted by molar-refractivity contribution is -0.121. The molecule has 0 atom stereocenters. The summed E-state index contributed by atoms with van der Waals surface area (Å²) in [5.41, 5.74) is 4.48. The average molecular weight is 534 g/mol. The second-order valence-corrected chi connectivity index (χ2v) is 10.2. The first-order chi connectivity index (χ1) is 19.7. The predicted octanol–water partition coefficient (Wildman–Crippen LogP) is 6.50. The minimum absolute atomic E-state index is 0.0251. The van der Waals surface area contributed by atoms with Crippen LogP contribution in [0.5, 0.6) is 0 Å². The second-order valence-electron chi connectivity index (χ2n) is 10.2. The molecule has 5 nitrogen and oxygen atoms in total. The van der Waals surface area contributed by atoms with Crippen molar-refractivity contribution in [3.05, 3.63) is 138 Å². The summed E-state index contributed by atoms with van der Waals surface area (Å²) < 4.78 is 0. The Hall–Kier alpha value is -4.25. The van der Waals surface area contributed by atoms with E-state index in [4.69, 9.17) is 0 Å². The van der Waals surface area contributed by atoms with Crippen LogP contribution in [0, 0.1) is 0 Å². The first-order valence-electron chi connectivity index (χ1n) is 14.3. The zero-order valence-electron chi connectivity index (χ0n) is 23.1. The number of hydrogen-bond acceptors (Lipinski definition) is 3. The molecular weight excluding hydrogens is 494 g/mol. The van der Waals surface area contributed by atoms with Crippen LogP contribution in [0.3, 0.4) is 0 Å². The summed E-state index contributed by atoms with van der Waals surface area (Å²) in [5, 5.41) is 5.73. The molecule has 4 rings (SSSR count). The monoisotopic (exact) mass is 533 g/mol. The highest BCUT2D eigenvalue weighted by Crippen LogP contribution is 2.41. The van der Waals surface area contributed by atoms with E-state index in [1.807, 2.05) is 0 Å². The Morgan fingerprint density at radius 3 is 1.90 bits per heavy atom. The number of unbranched alkanes of at least 4 members (excludes halogenated alkanes) is 2. The van der Waals surface area contributed by atoms with Gasteiger partial charge in [0.25, 0.3) is 5.91 Å². The number of aryl methyl sites for hydroxylation is 1. The highest BCUT2D eigenvalue weighted by atomic mass is 16.2. The summed E-state index contributed by atoms with van der Waals surface area (Å²) in [6, 6.07) is 35.9. The minimum Gasteiger partial charge on any atom is -0.354 e. The van der Waals surface area contributed by atoms with Gasteiger partial charge in [-0.15, -0.1) is 0 Å². The summed E-state index contributed by atoms with van der Waals surface area (Å²) in [4.78, 5) is 28.4. The van der Waals surface area contributed by atoms with Crippen molar-refractivity contribution in [2.24, 2.45) is 0 Å². The Morgan fingerprint density at radius 1 is 0.650 bits per heavy atom. The maximum atomic E-state index is 12.4. The Morgan fingerprint density at radius 2 is 1.27 bits per heavy atom. The van der Waals surface area contributed by atoms with Crippen molar-refractivity contribution in [2.45, 2.75) is 50.4 Å². The molecule has 0 bridgehead atoms. The number of carbonyl (C=O) groups excluding carboxylic acids is 2. The maximum absolute atomic E-state index is 12.4. The number of aromatic nitrogens is 1. The molecule has 4 aromatic rings. The van der Waals surface area contributed by atoms with Gasteiger partial charge in [0, 0.05) is 37.3 Å². The largest absolute Gasteiger partial charge is 0.354 e. The number of hydrogen-bond donors (Lipinski definition) is 2. The van der Waals surface area contributed by atoms with E-state index in [0.29, 0.717) is 25.1 Å².